The molecule has 2 nitrogen and oxygen atoms in total. The van der Waals surface area contributed by atoms with Crippen LogP contribution < -0.4 is 58.3 Å². The van der Waals surface area contributed by atoms with E-state index in [1.165, 1.54) is 107 Å². The first-order chi connectivity index (χ1) is 54.0. The molecule has 9 heteroatoms. The molecule has 0 saturated heterocycles. The van der Waals surface area contributed by atoms with Gasteiger partial charge in [0.2, 0.25) is 0 Å². The van der Waals surface area contributed by atoms with Crippen molar-refractivity contribution in [3.05, 3.63) is 455 Å². The van der Waals surface area contributed by atoms with E-state index in [1.54, 1.807) is 0 Å². The smallest absolute Gasteiger partial charge is 0.295 e. The summed E-state index contributed by atoms with van der Waals surface area (Å²) in [7, 11) is -2.42. The summed E-state index contributed by atoms with van der Waals surface area (Å²) >= 11 is 0. The van der Waals surface area contributed by atoms with Crippen molar-refractivity contribution < 1.29 is 39.6 Å². The Hall–Kier alpha value is -10.1. The monoisotopic (exact) mass is 1900 g/mol. The number of fused-ring (bicyclic) bond motifs is 6. The molecule has 2 unspecified atom stereocenters. The van der Waals surface area contributed by atoms with Crippen LogP contribution in [0.2, 0.25) is 0 Å². The summed E-state index contributed by atoms with van der Waals surface area (Å²) in [6.45, 7) is 4.79. The third-order valence-electron chi connectivity index (χ3n) is 19.3. The van der Waals surface area contributed by atoms with E-state index in [2.05, 4.69) is 436 Å². The first-order valence-electron chi connectivity index (χ1n) is 36.9. The van der Waals surface area contributed by atoms with Crippen molar-refractivity contribution >= 4 is 119 Å². The van der Waals surface area contributed by atoms with Gasteiger partial charge in [0.15, 0.2) is 0 Å². The Morgan fingerprint density at radius 1 is 0.283 bits per heavy atom. The fourth-order valence-corrected chi connectivity index (χ4v) is 25.9. The molecule has 18 aromatic rings. The van der Waals surface area contributed by atoms with E-state index in [-0.39, 0.29) is 62.0 Å². The van der Waals surface area contributed by atoms with E-state index in [1.807, 2.05) is 42.7 Å². The van der Waals surface area contributed by atoms with E-state index < -0.39 is 31.7 Å². The minimum atomic E-state index is -0.760. The second-order valence-electron chi connectivity index (χ2n) is 26.2. The molecule has 0 aliphatic carbocycles. The number of nitrogens with zero attached hydrogens (tertiary/aromatic N) is 2. The number of rotatable bonds is 13. The van der Waals surface area contributed by atoms with Crippen molar-refractivity contribution in [3.63, 3.8) is 0 Å². The molecule has 1 radical (unpaired) electrons. The van der Waals surface area contributed by atoms with Crippen LogP contribution >= 0.6 is 39.2 Å². The van der Waals surface area contributed by atoms with Gasteiger partial charge in [-0.05, 0) is 136 Å². The van der Waals surface area contributed by atoms with Crippen LogP contribution in [0.15, 0.2) is 449 Å². The van der Waals surface area contributed by atoms with Crippen molar-refractivity contribution in [3.8, 4) is 55.9 Å². The maximum Gasteiger partial charge on any atom is 1.00 e. The van der Waals surface area contributed by atoms with Crippen molar-refractivity contribution in [2.24, 2.45) is 6.66 Å². The Kier molecular flexibility index (Phi) is 31.3. The zero-order chi connectivity index (χ0) is 73.8. The van der Waals surface area contributed by atoms with Gasteiger partial charge in [-0.15, -0.1) is 37.4 Å². The maximum absolute atomic E-state index is 4.51. The SMILES string of the molecule is C.C.C[PH+]1c2ccccc2-c2cccc(-c3[c-]c(-c4ccccn4)ccc3)c21.Cp1c2ccccc2c2cccc(-c3cccc(-c4ccccn4)c3)c21.[Os+].[Os].c1ccc(P(c2ccccc2)c2ccccc2)cc1.c1ccc(P(c2ccccc2)c2ccccc2)cc1.c1ccc(P(c2ccccc2)c2ccccc2)cc1. The van der Waals surface area contributed by atoms with E-state index in [9.17, 15) is 0 Å². The minimum Gasteiger partial charge on any atom is -0.295 e. The molecule has 0 spiro atoms. The van der Waals surface area contributed by atoms with E-state index >= 15 is 0 Å². The van der Waals surface area contributed by atoms with E-state index in [4.69, 9.17) is 0 Å². The number of aryl methyl sites for hydroxylation is 1. The molecule has 15 aromatic carbocycles. The summed E-state index contributed by atoms with van der Waals surface area (Å²) in [5.41, 5.74) is 12.1. The minimum absolute atomic E-state index is 0. The second kappa shape index (κ2) is 42.1. The van der Waals surface area contributed by atoms with Gasteiger partial charge in [-0.2, -0.15) is 0 Å². The van der Waals surface area contributed by atoms with Crippen LogP contribution in [0, 0.1) is 6.07 Å². The molecule has 0 saturated carbocycles. The number of pyridine rings is 2. The van der Waals surface area contributed by atoms with Crippen LogP contribution in [0.5, 0.6) is 0 Å². The summed E-state index contributed by atoms with van der Waals surface area (Å²) in [5.74, 6) is 0. The van der Waals surface area contributed by atoms with Crippen LogP contribution in [-0.4, -0.2) is 16.6 Å². The Morgan fingerprint density at radius 2 is 0.602 bits per heavy atom. The normalized spacial score (nSPS) is 11.5. The average molecular weight is 1900 g/mol. The second-order valence-corrected chi connectivity index (χ2v) is 37.2. The molecule has 4 heterocycles. The fourth-order valence-electron chi connectivity index (χ4n) is 14.3. The Balaban J connectivity index is 0.000000139. The molecule has 2 atom stereocenters. The standard InChI is InChI=1S/C24H18NP.C24H17NP.3C18H15P.2CH4.2Os/c2*1-26-23-14-3-2-10-20(23)21-12-7-11-19(24(21)26)17-8-6-9-18(16-17)22-13-4-5-15-25-22;3*1-4-10-16(11-5-1)19(17-12-6-2-7-13-17)18-14-8-3-9-15-18;;;;/h2-16H,1H3;2-15H,1H3;3*1-15H;2*1H4;;/q;-1;;;;;;;+1/p+1. The largest absolute Gasteiger partial charge is 1.00 e. The van der Waals surface area contributed by atoms with Crippen LogP contribution in [-0.2, 0) is 46.2 Å². The molecule has 555 valence electrons. The molecule has 0 N–H and O–H groups in total. The van der Waals surface area contributed by atoms with Crippen molar-refractivity contribution in [2.75, 3.05) is 6.66 Å². The average Bonchev–Trinajstić information content (AvgIpc) is 1.61. The molecule has 0 amide bonds. The van der Waals surface area contributed by atoms with Gasteiger partial charge < -0.3 is 0 Å². The number of hydrogen-bond acceptors (Lipinski definition) is 2. The summed E-state index contributed by atoms with van der Waals surface area (Å²) in [4.78, 5) is 8.99. The molecule has 1 aliphatic rings. The fraction of sp³-hybridized carbons (Fsp3) is 0.0385. The van der Waals surface area contributed by atoms with Crippen LogP contribution in [0.1, 0.15) is 14.9 Å². The first-order valence-corrected chi connectivity index (χ1v) is 44.7. The van der Waals surface area contributed by atoms with Gasteiger partial charge in [-0.1, -0.05) is 409 Å². The van der Waals surface area contributed by atoms with Gasteiger partial charge in [0.1, 0.15) is 5.30 Å². The van der Waals surface area contributed by atoms with Gasteiger partial charge >= 0.3 is 19.8 Å². The third kappa shape index (κ3) is 20.3. The van der Waals surface area contributed by atoms with Crippen LogP contribution in [0.4, 0.5) is 0 Å². The Bertz CT molecular complexity index is 5320. The molecular weight excluding hydrogens is 1810 g/mol. The third-order valence-corrected chi connectivity index (χ3v) is 31.4. The number of hydrogen-bond donors (Lipinski definition) is 0. The maximum atomic E-state index is 4.51. The predicted octanol–water partition coefficient (Wildman–Crippen LogP) is 23.8. The zero-order valence-electron chi connectivity index (χ0n) is 61.6. The molecule has 0 bridgehead atoms. The molecule has 3 aromatic heterocycles. The van der Waals surface area contributed by atoms with Crippen LogP contribution in [0.25, 0.3) is 76.9 Å². The molecule has 19 rings (SSSR count). The summed E-state index contributed by atoms with van der Waals surface area (Å²) in [5, 5.41) is 21.4. The molecule has 0 fully saturated rings. The van der Waals surface area contributed by atoms with Gasteiger partial charge in [-0.25, -0.2) is 0 Å². The van der Waals surface area contributed by atoms with Gasteiger partial charge in [0.25, 0.3) is 0 Å². The molecule has 1 aliphatic heterocycles. The van der Waals surface area contributed by atoms with Crippen molar-refractivity contribution in [2.45, 2.75) is 14.9 Å². The van der Waals surface area contributed by atoms with Gasteiger partial charge in [-0.3, -0.25) is 9.97 Å². The van der Waals surface area contributed by atoms with E-state index in [0.29, 0.717) is 0 Å². The molecule has 113 heavy (non-hydrogen) atoms. The van der Waals surface area contributed by atoms with Crippen molar-refractivity contribution in [1.82, 2.24) is 9.97 Å². The van der Waals surface area contributed by atoms with Gasteiger partial charge in [0, 0.05) is 64.8 Å². The summed E-state index contributed by atoms with van der Waals surface area (Å²) in [6, 6.07) is 159. The topological polar surface area (TPSA) is 25.8 Å². The zero-order valence-corrected chi connectivity index (χ0v) is 71.3. The summed E-state index contributed by atoms with van der Waals surface area (Å²) < 4.78 is 0. The van der Waals surface area contributed by atoms with Crippen LogP contribution in [0.3, 0.4) is 0 Å². The predicted molar refractivity (Wildman–Crippen MR) is 496 cm³/mol. The molecular formula is C104H89N2Os2P5+. The Labute approximate surface area is 701 Å². The number of aromatic nitrogens is 2. The first kappa shape index (κ1) is 83.8. The number of benzene rings is 15. The van der Waals surface area contributed by atoms with E-state index in [0.717, 1.165) is 28.1 Å². The quantitative estimate of drug-likeness (QED) is 0.0849. The summed E-state index contributed by atoms with van der Waals surface area (Å²) in [6.07, 6.45) is 3.68. The van der Waals surface area contributed by atoms with Crippen molar-refractivity contribution in [1.29, 1.82) is 0 Å². The Morgan fingerprint density at radius 3 is 1.04 bits per heavy atom. The van der Waals surface area contributed by atoms with Gasteiger partial charge in [0.05, 0.1) is 25.6 Å².